The molecule has 0 saturated heterocycles. The minimum Gasteiger partial charge on any atom is -0.0985 e. The first-order valence-electron chi connectivity index (χ1n) is 4.08. The van der Waals surface area contributed by atoms with Crippen molar-refractivity contribution < 1.29 is 0 Å². The van der Waals surface area contributed by atoms with E-state index in [1.807, 2.05) is 6.08 Å². The smallest absolute Gasteiger partial charge is 0.0544 e. The van der Waals surface area contributed by atoms with Crippen LogP contribution in [-0.4, -0.2) is 9.52 Å². The van der Waals surface area contributed by atoms with E-state index in [2.05, 4.69) is 37.8 Å². The summed E-state index contributed by atoms with van der Waals surface area (Å²) in [6.45, 7) is 5.98. The summed E-state index contributed by atoms with van der Waals surface area (Å²) in [6.07, 6.45) is 1.89. The molecule has 58 valence electrons. The molecule has 0 aliphatic carbocycles. The second-order valence-corrected chi connectivity index (χ2v) is 5.01. The molecule has 0 aliphatic rings. The highest BCUT2D eigenvalue weighted by molar-refractivity contribution is 6.53. The van der Waals surface area contributed by atoms with Crippen LogP contribution in [0.4, 0.5) is 0 Å². The molecule has 0 fully saturated rings. The topological polar surface area (TPSA) is 0 Å². The lowest BCUT2D eigenvalue weighted by atomic mass is 10.2. The third-order valence-corrected chi connectivity index (χ3v) is 3.30. The molecule has 0 atom stereocenters. The van der Waals surface area contributed by atoms with Crippen molar-refractivity contribution in [3.05, 3.63) is 36.4 Å². The van der Waals surface area contributed by atoms with Crippen LogP contribution in [0.2, 0.25) is 6.04 Å². The van der Waals surface area contributed by atoms with Gasteiger partial charge in [0.15, 0.2) is 0 Å². The molecular formula is C10H14Si. The van der Waals surface area contributed by atoms with E-state index in [9.17, 15) is 0 Å². The van der Waals surface area contributed by atoms with Crippen LogP contribution < -0.4 is 5.19 Å². The fourth-order valence-corrected chi connectivity index (χ4v) is 2.26. The number of rotatable bonds is 3. The molecule has 0 unspecified atom stereocenters. The van der Waals surface area contributed by atoms with Crippen molar-refractivity contribution in [2.75, 3.05) is 0 Å². The lowest BCUT2D eigenvalue weighted by Gasteiger charge is -1.97. The monoisotopic (exact) mass is 162 g/mol. The molecule has 0 saturated carbocycles. The summed E-state index contributed by atoms with van der Waals surface area (Å²) < 4.78 is 0. The largest absolute Gasteiger partial charge is 0.0985 e. The van der Waals surface area contributed by atoms with Crippen molar-refractivity contribution in [3.63, 3.8) is 0 Å². The lowest BCUT2D eigenvalue weighted by molar-refractivity contribution is 1.46. The average Bonchev–Trinajstić information content (AvgIpc) is 2.07. The van der Waals surface area contributed by atoms with E-state index >= 15 is 0 Å². The zero-order chi connectivity index (χ0) is 8.10. The Balaban J connectivity index is 2.74. The molecule has 1 heteroatoms. The van der Waals surface area contributed by atoms with Gasteiger partial charge in [0.25, 0.3) is 0 Å². The van der Waals surface area contributed by atoms with Gasteiger partial charge < -0.3 is 0 Å². The van der Waals surface area contributed by atoms with Crippen molar-refractivity contribution in [2.24, 2.45) is 0 Å². The summed E-state index contributed by atoms with van der Waals surface area (Å²) >= 11 is 0. The molecule has 1 aromatic carbocycles. The highest BCUT2D eigenvalue weighted by Gasteiger charge is 1.89. The van der Waals surface area contributed by atoms with E-state index in [1.54, 1.807) is 5.19 Å². The van der Waals surface area contributed by atoms with E-state index in [1.165, 1.54) is 11.6 Å². The maximum atomic E-state index is 3.72. The van der Waals surface area contributed by atoms with Crippen LogP contribution in [0.15, 0.2) is 30.8 Å². The predicted molar refractivity (Wildman–Crippen MR) is 55.2 cm³/mol. The van der Waals surface area contributed by atoms with Gasteiger partial charge in [-0.2, -0.15) is 0 Å². The van der Waals surface area contributed by atoms with E-state index in [-0.39, 0.29) is 9.52 Å². The number of hydrogen-bond acceptors (Lipinski definition) is 0. The van der Waals surface area contributed by atoms with Crippen molar-refractivity contribution in [1.82, 2.24) is 0 Å². The van der Waals surface area contributed by atoms with Gasteiger partial charge in [0.2, 0.25) is 0 Å². The molecule has 0 radical (unpaired) electrons. The van der Waals surface area contributed by atoms with Crippen LogP contribution in [0, 0.1) is 0 Å². The Hall–Kier alpha value is -0.823. The molecule has 0 amide bonds. The average molecular weight is 162 g/mol. The fraction of sp³-hybridized carbons (Fsp3) is 0.200. The van der Waals surface area contributed by atoms with Crippen molar-refractivity contribution >= 4 is 20.8 Å². The molecule has 1 aromatic rings. The van der Waals surface area contributed by atoms with Crippen LogP contribution in [0.25, 0.3) is 6.08 Å². The van der Waals surface area contributed by atoms with Crippen LogP contribution >= 0.6 is 0 Å². The van der Waals surface area contributed by atoms with Gasteiger partial charge in [0.05, 0.1) is 9.52 Å². The molecule has 1 rings (SSSR count). The summed E-state index contributed by atoms with van der Waals surface area (Å²) in [4.78, 5) is 0. The maximum Gasteiger partial charge on any atom is 0.0544 e. The van der Waals surface area contributed by atoms with Crippen LogP contribution in [0.5, 0.6) is 0 Å². The molecule has 0 aromatic heterocycles. The Bertz CT molecular complexity index is 223. The van der Waals surface area contributed by atoms with Gasteiger partial charge in [0, 0.05) is 0 Å². The van der Waals surface area contributed by atoms with Crippen LogP contribution in [0.1, 0.15) is 12.5 Å². The SMILES string of the molecule is C=Cc1ccc([SiH2]CC)cc1. The Kier molecular flexibility index (Phi) is 3.11. The second kappa shape index (κ2) is 4.14. The van der Waals surface area contributed by atoms with Crippen molar-refractivity contribution in [2.45, 2.75) is 13.0 Å². The first-order valence-corrected chi connectivity index (χ1v) is 5.79. The lowest BCUT2D eigenvalue weighted by Crippen LogP contribution is -2.11. The zero-order valence-corrected chi connectivity index (χ0v) is 8.42. The van der Waals surface area contributed by atoms with Gasteiger partial charge in [-0.05, 0) is 5.56 Å². The van der Waals surface area contributed by atoms with Gasteiger partial charge in [-0.15, -0.1) is 0 Å². The van der Waals surface area contributed by atoms with Gasteiger partial charge >= 0.3 is 0 Å². The third-order valence-electron chi connectivity index (χ3n) is 1.75. The highest BCUT2D eigenvalue weighted by Crippen LogP contribution is 1.97. The molecule has 0 aliphatic heterocycles. The summed E-state index contributed by atoms with van der Waals surface area (Å²) in [5.74, 6) is 0. The van der Waals surface area contributed by atoms with Gasteiger partial charge in [-0.3, -0.25) is 0 Å². The highest BCUT2D eigenvalue weighted by atomic mass is 28.2. The van der Waals surface area contributed by atoms with E-state index in [0.717, 1.165) is 0 Å². The predicted octanol–water partition coefficient (Wildman–Crippen LogP) is 1.56. The Morgan fingerprint density at radius 3 is 2.45 bits per heavy atom. The van der Waals surface area contributed by atoms with Gasteiger partial charge in [0.1, 0.15) is 0 Å². The quantitative estimate of drug-likeness (QED) is 0.592. The van der Waals surface area contributed by atoms with Crippen LogP contribution in [-0.2, 0) is 0 Å². The Morgan fingerprint density at radius 2 is 2.00 bits per heavy atom. The molecule has 0 heterocycles. The first kappa shape index (κ1) is 8.28. The normalized spacial score (nSPS) is 10.6. The van der Waals surface area contributed by atoms with Crippen molar-refractivity contribution in [1.29, 1.82) is 0 Å². The Morgan fingerprint density at radius 1 is 1.36 bits per heavy atom. The molecule has 11 heavy (non-hydrogen) atoms. The van der Waals surface area contributed by atoms with Crippen LogP contribution in [0.3, 0.4) is 0 Å². The van der Waals surface area contributed by atoms with Crippen molar-refractivity contribution in [3.8, 4) is 0 Å². The molecule has 0 bridgehead atoms. The molecule has 0 N–H and O–H groups in total. The summed E-state index contributed by atoms with van der Waals surface area (Å²) in [7, 11) is 0.0410. The number of hydrogen-bond donors (Lipinski definition) is 0. The minimum atomic E-state index is 0.0410. The standard InChI is InChI=1S/C10H14Si/c1-3-9-5-7-10(8-6-9)11-4-2/h3,5-8H,1,4,11H2,2H3. The fourth-order valence-electron chi connectivity index (χ4n) is 1.11. The summed E-state index contributed by atoms with van der Waals surface area (Å²) in [5.41, 5.74) is 1.22. The van der Waals surface area contributed by atoms with Gasteiger partial charge in [-0.1, -0.05) is 55.1 Å². The number of benzene rings is 1. The van der Waals surface area contributed by atoms with E-state index in [0.29, 0.717) is 0 Å². The Labute approximate surface area is 70.8 Å². The molecular weight excluding hydrogens is 148 g/mol. The van der Waals surface area contributed by atoms with E-state index in [4.69, 9.17) is 0 Å². The minimum absolute atomic E-state index is 0.0410. The first-order chi connectivity index (χ1) is 5.36. The second-order valence-electron chi connectivity index (χ2n) is 2.70. The summed E-state index contributed by atoms with van der Waals surface area (Å²) in [5, 5.41) is 1.55. The summed E-state index contributed by atoms with van der Waals surface area (Å²) in [6, 6.07) is 10.1. The zero-order valence-electron chi connectivity index (χ0n) is 7.01. The van der Waals surface area contributed by atoms with Gasteiger partial charge in [-0.25, -0.2) is 0 Å². The third kappa shape index (κ3) is 2.35. The molecule has 0 spiro atoms. The molecule has 0 nitrogen and oxygen atoms in total. The van der Waals surface area contributed by atoms with E-state index < -0.39 is 0 Å². The maximum absolute atomic E-state index is 3.72.